The van der Waals surface area contributed by atoms with Gasteiger partial charge in [0.05, 0.1) is 32.0 Å². The molecule has 0 unspecified atom stereocenters. The van der Waals surface area contributed by atoms with Crippen molar-refractivity contribution >= 4 is 11.6 Å². The van der Waals surface area contributed by atoms with Gasteiger partial charge in [0.2, 0.25) is 0 Å². The molecule has 124 valence electrons. The van der Waals surface area contributed by atoms with Crippen LogP contribution in [0.2, 0.25) is 5.02 Å². The van der Waals surface area contributed by atoms with Gasteiger partial charge in [-0.05, 0) is 18.7 Å². The fourth-order valence-electron chi connectivity index (χ4n) is 2.38. The first-order valence-electron chi connectivity index (χ1n) is 7.65. The largest absolute Gasteiger partial charge is 0.389 e. The molecule has 5 nitrogen and oxygen atoms in total. The van der Waals surface area contributed by atoms with Crippen LogP contribution in [-0.2, 0) is 16.1 Å². The van der Waals surface area contributed by atoms with E-state index in [1.165, 1.54) is 0 Å². The third-order valence-electron chi connectivity index (χ3n) is 3.62. The molecule has 0 bridgehead atoms. The summed E-state index contributed by atoms with van der Waals surface area (Å²) in [4.78, 5) is 2.25. The fraction of sp³-hybridized carbons (Fsp3) is 0.625. The smallest absolute Gasteiger partial charge is 0.0897 e. The Kier molecular flexibility index (Phi) is 7.59. The van der Waals surface area contributed by atoms with Crippen molar-refractivity contribution < 1.29 is 14.6 Å². The fourth-order valence-corrected chi connectivity index (χ4v) is 2.57. The minimum Gasteiger partial charge on any atom is -0.389 e. The van der Waals surface area contributed by atoms with Gasteiger partial charge in [0, 0.05) is 31.2 Å². The van der Waals surface area contributed by atoms with Gasteiger partial charge in [0.15, 0.2) is 0 Å². The van der Waals surface area contributed by atoms with E-state index in [0.29, 0.717) is 18.2 Å². The number of ether oxygens (including phenoxy) is 2. The molecule has 0 aromatic heterocycles. The molecule has 22 heavy (non-hydrogen) atoms. The van der Waals surface area contributed by atoms with E-state index < -0.39 is 6.10 Å². The summed E-state index contributed by atoms with van der Waals surface area (Å²) in [7, 11) is 2.09. The first kappa shape index (κ1) is 17.7. The van der Waals surface area contributed by atoms with Crippen LogP contribution in [-0.4, -0.2) is 68.7 Å². The summed E-state index contributed by atoms with van der Waals surface area (Å²) >= 11 is 6.05. The molecule has 0 amide bonds. The number of halogens is 1. The van der Waals surface area contributed by atoms with Crippen molar-refractivity contribution in [3.63, 3.8) is 0 Å². The van der Waals surface area contributed by atoms with Crippen LogP contribution in [0.5, 0.6) is 0 Å². The van der Waals surface area contributed by atoms with Gasteiger partial charge in [-0.25, -0.2) is 0 Å². The summed E-state index contributed by atoms with van der Waals surface area (Å²) in [6.07, 6.45) is -0.348. The number of hydrogen-bond donors (Lipinski definition) is 2. The number of nitrogens with one attached hydrogen (secondary N) is 1. The maximum Gasteiger partial charge on any atom is 0.0897 e. The second kappa shape index (κ2) is 9.45. The minimum atomic E-state index is -0.538. The average molecular weight is 329 g/mol. The molecule has 2 N–H and O–H groups in total. The van der Waals surface area contributed by atoms with E-state index in [1.54, 1.807) is 0 Å². The number of hydrogen-bond acceptors (Lipinski definition) is 5. The van der Waals surface area contributed by atoms with E-state index in [0.717, 1.165) is 31.8 Å². The lowest BCUT2D eigenvalue weighted by Crippen LogP contribution is -2.46. The van der Waals surface area contributed by atoms with Gasteiger partial charge in [-0.3, -0.25) is 0 Å². The summed E-state index contributed by atoms with van der Waals surface area (Å²) in [5, 5.41) is 13.8. The highest BCUT2D eigenvalue weighted by atomic mass is 35.5. The van der Waals surface area contributed by atoms with Crippen LogP contribution in [0.3, 0.4) is 0 Å². The molecule has 6 heteroatoms. The Hall–Kier alpha value is -0.690. The number of rotatable bonds is 8. The van der Waals surface area contributed by atoms with Crippen LogP contribution >= 0.6 is 11.6 Å². The molecule has 1 aliphatic rings. The summed E-state index contributed by atoms with van der Waals surface area (Å²) < 4.78 is 11.2. The van der Waals surface area contributed by atoms with Crippen molar-refractivity contribution in [3.05, 3.63) is 34.9 Å². The molecule has 0 radical (unpaired) electrons. The number of benzene rings is 1. The van der Waals surface area contributed by atoms with Crippen molar-refractivity contribution in [1.82, 2.24) is 10.2 Å². The highest BCUT2D eigenvalue weighted by Crippen LogP contribution is 2.15. The van der Waals surface area contributed by atoms with Crippen LogP contribution < -0.4 is 5.32 Å². The van der Waals surface area contributed by atoms with E-state index in [9.17, 15) is 5.11 Å². The van der Waals surface area contributed by atoms with Crippen molar-refractivity contribution in [3.8, 4) is 0 Å². The highest BCUT2D eigenvalue weighted by molar-refractivity contribution is 6.31. The second-order valence-corrected chi connectivity index (χ2v) is 6.08. The van der Waals surface area contributed by atoms with Gasteiger partial charge >= 0.3 is 0 Å². The lowest BCUT2D eigenvalue weighted by molar-refractivity contribution is -0.0211. The van der Waals surface area contributed by atoms with Crippen LogP contribution in [0.15, 0.2) is 24.3 Å². The third kappa shape index (κ3) is 6.20. The Morgan fingerprint density at radius 1 is 1.50 bits per heavy atom. The zero-order valence-corrected chi connectivity index (χ0v) is 13.8. The van der Waals surface area contributed by atoms with E-state index in [2.05, 4.69) is 17.3 Å². The Morgan fingerprint density at radius 2 is 2.32 bits per heavy atom. The minimum absolute atomic E-state index is 0.190. The maximum atomic E-state index is 9.91. The second-order valence-electron chi connectivity index (χ2n) is 5.67. The lowest BCUT2D eigenvalue weighted by Gasteiger charge is -2.30. The molecular formula is C16H25ClN2O3. The molecule has 2 rings (SSSR count). The van der Waals surface area contributed by atoms with Crippen molar-refractivity contribution in [2.75, 3.05) is 46.4 Å². The first-order valence-corrected chi connectivity index (χ1v) is 8.03. The molecule has 1 aromatic carbocycles. The molecule has 1 aromatic rings. The van der Waals surface area contributed by atoms with Crippen molar-refractivity contribution in [1.29, 1.82) is 0 Å². The molecule has 0 saturated carbocycles. The van der Waals surface area contributed by atoms with Gasteiger partial charge in [0.1, 0.15) is 0 Å². The predicted octanol–water partition coefficient (Wildman–Crippen LogP) is 1.14. The highest BCUT2D eigenvalue weighted by Gasteiger charge is 2.17. The molecular weight excluding hydrogens is 304 g/mol. The number of aliphatic hydroxyl groups is 1. The molecule has 0 aliphatic carbocycles. The quantitative estimate of drug-likeness (QED) is 0.749. The van der Waals surface area contributed by atoms with Gasteiger partial charge < -0.3 is 24.8 Å². The Balaban J connectivity index is 1.56. The Labute approximate surface area is 137 Å². The Morgan fingerprint density at radius 3 is 3.09 bits per heavy atom. The molecule has 1 fully saturated rings. The number of nitrogens with zero attached hydrogens (tertiary/aromatic N) is 1. The number of aliphatic hydroxyl groups excluding tert-OH is 1. The molecule has 1 saturated heterocycles. The normalized spacial score (nSPS) is 21.0. The molecule has 2 atom stereocenters. The number of likely N-dealkylation sites (N-methyl/N-ethyl adjacent to an activating group) is 1. The van der Waals surface area contributed by atoms with Crippen molar-refractivity contribution in [2.45, 2.75) is 18.8 Å². The predicted molar refractivity (Wildman–Crippen MR) is 87.2 cm³/mol. The van der Waals surface area contributed by atoms with Crippen LogP contribution in [0, 0.1) is 0 Å². The van der Waals surface area contributed by atoms with Gasteiger partial charge in [-0.1, -0.05) is 29.8 Å². The summed E-state index contributed by atoms with van der Waals surface area (Å²) in [5.74, 6) is 0. The standard InChI is InChI=1S/C16H25ClN2O3/c1-19-6-7-22-15(10-19)9-18-8-14(20)12-21-11-13-4-2-3-5-16(13)17/h2-5,14-15,18,20H,6-12H2,1H3/t14-,15+/m1/s1. The monoisotopic (exact) mass is 328 g/mol. The summed E-state index contributed by atoms with van der Waals surface area (Å²) in [6, 6.07) is 7.56. The van der Waals surface area contributed by atoms with E-state index >= 15 is 0 Å². The lowest BCUT2D eigenvalue weighted by atomic mass is 10.2. The molecule has 1 aliphatic heterocycles. The van der Waals surface area contributed by atoms with Crippen molar-refractivity contribution in [2.24, 2.45) is 0 Å². The zero-order valence-electron chi connectivity index (χ0n) is 13.0. The van der Waals surface area contributed by atoms with Gasteiger partial charge in [0.25, 0.3) is 0 Å². The van der Waals surface area contributed by atoms with E-state index in [-0.39, 0.29) is 12.7 Å². The third-order valence-corrected chi connectivity index (χ3v) is 3.99. The first-order chi connectivity index (χ1) is 10.6. The van der Waals surface area contributed by atoms with Crippen LogP contribution in [0.1, 0.15) is 5.56 Å². The van der Waals surface area contributed by atoms with Crippen LogP contribution in [0.4, 0.5) is 0 Å². The summed E-state index contributed by atoms with van der Waals surface area (Å²) in [5.41, 5.74) is 0.933. The van der Waals surface area contributed by atoms with E-state index in [4.69, 9.17) is 21.1 Å². The number of morpholine rings is 1. The zero-order chi connectivity index (χ0) is 15.8. The SMILES string of the molecule is CN1CCO[C@@H](CNC[C@@H](O)COCc2ccccc2Cl)C1. The molecule has 1 heterocycles. The average Bonchev–Trinajstić information content (AvgIpc) is 2.49. The van der Waals surface area contributed by atoms with Crippen LogP contribution in [0.25, 0.3) is 0 Å². The van der Waals surface area contributed by atoms with Gasteiger partial charge in [-0.15, -0.1) is 0 Å². The summed E-state index contributed by atoms with van der Waals surface area (Å²) in [6.45, 7) is 4.60. The maximum absolute atomic E-state index is 9.91. The van der Waals surface area contributed by atoms with Gasteiger partial charge in [-0.2, -0.15) is 0 Å². The van der Waals surface area contributed by atoms with E-state index in [1.807, 2.05) is 24.3 Å². The Bertz CT molecular complexity index is 447. The topological polar surface area (TPSA) is 54.0 Å². The molecule has 0 spiro atoms.